The number of benzene rings is 1. The molecule has 0 fully saturated rings. The van der Waals surface area contributed by atoms with Crippen LogP contribution in [0.5, 0.6) is 0 Å². The first-order valence-corrected chi connectivity index (χ1v) is 5.62. The second-order valence-electron chi connectivity index (χ2n) is 4.04. The summed E-state index contributed by atoms with van der Waals surface area (Å²) in [6.45, 7) is 0. The van der Waals surface area contributed by atoms with Crippen molar-refractivity contribution in [1.82, 2.24) is 4.98 Å². The van der Waals surface area contributed by atoms with Gasteiger partial charge in [-0.15, -0.1) is 0 Å². The lowest BCUT2D eigenvalue weighted by molar-refractivity contribution is -0.384. The van der Waals surface area contributed by atoms with E-state index in [0.717, 1.165) is 6.08 Å². The Labute approximate surface area is 117 Å². The summed E-state index contributed by atoms with van der Waals surface area (Å²) >= 11 is 0. The van der Waals surface area contributed by atoms with Crippen molar-refractivity contribution >= 4 is 34.6 Å². The van der Waals surface area contributed by atoms with Crippen molar-refractivity contribution in [2.24, 2.45) is 0 Å². The summed E-state index contributed by atoms with van der Waals surface area (Å²) in [5.41, 5.74) is -0.643. The van der Waals surface area contributed by atoms with Gasteiger partial charge in [-0.2, -0.15) is 0 Å². The number of rotatable bonds is 4. The van der Waals surface area contributed by atoms with Crippen LogP contribution in [0, 0.1) is 10.1 Å². The number of carbonyl (C=O) groups is 2. The van der Waals surface area contributed by atoms with Crippen LogP contribution < -0.4 is 0 Å². The third-order valence-corrected chi connectivity index (χ3v) is 2.66. The van der Waals surface area contributed by atoms with Crippen LogP contribution in [0.15, 0.2) is 35.9 Å². The molecule has 0 aliphatic rings. The van der Waals surface area contributed by atoms with Gasteiger partial charge in [0.05, 0.1) is 16.1 Å². The van der Waals surface area contributed by atoms with E-state index in [4.69, 9.17) is 10.2 Å². The molecule has 0 atom stereocenters. The van der Waals surface area contributed by atoms with E-state index in [-0.39, 0.29) is 16.9 Å². The Bertz CT molecular complexity index is 780. The highest BCUT2D eigenvalue weighted by molar-refractivity contribution is 6.16. The summed E-state index contributed by atoms with van der Waals surface area (Å²) in [6.07, 6.45) is 0.892. The van der Waals surface area contributed by atoms with E-state index < -0.39 is 22.4 Å². The second kappa shape index (κ2) is 5.37. The Balaban J connectivity index is 2.56. The van der Waals surface area contributed by atoms with Gasteiger partial charge in [0.15, 0.2) is 0 Å². The number of fused-ring (bicyclic) bond motifs is 1. The number of hydrogen-bond acceptors (Lipinski definition) is 5. The van der Waals surface area contributed by atoms with E-state index in [9.17, 15) is 19.7 Å². The predicted octanol–water partition coefficient (Wildman–Crippen LogP) is 1.70. The maximum Gasteiger partial charge on any atom is 0.343 e. The van der Waals surface area contributed by atoms with Crippen molar-refractivity contribution in [2.75, 3.05) is 0 Å². The number of nitro groups is 1. The number of nitro benzene ring substituents is 1. The molecule has 1 aromatic carbocycles. The number of hydrogen-bond donors (Lipinski definition) is 2. The van der Waals surface area contributed by atoms with Crippen LogP contribution in [0.2, 0.25) is 0 Å². The van der Waals surface area contributed by atoms with Gasteiger partial charge in [-0.25, -0.2) is 14.6 Å². The van der Waals surface area contributed by atoms with Crippen LogP contribution in [0.4, 0.5) is 5.69 Å². The minimum atomic E-state index is -1.59. The molecule has 0 aliphatic carbocycles. The molecule has 0 amide bonds. The molecule has 106 valence electrons. The molecule has 0 unspecified atom stereocenters. The zero-order valence-corrected chi connectivity index (χ0v) is 10.4. The van der Waals surface area contributed by atoms with Crippen molar-refractivity contribution in [1.29, 1.82) is 0 Å². The average molecular weight is 288 g/mol. The minimum absolute atomic E-state index is 0.0859. The number of nitrogens with zero attached hydrogens (tertiary/aromatic N) is 2. The molecule has 0 saturated carbocycles. The van der Waals surface area contributed by atoms with Crippen molar-refractivity contribution < 1.29 is 24.7 Å². The van der Waals surface area contributed by atoms with Gasteiger partial charge in [-0.05, 0) is 18.2 Å². The third-order valence-electron chi connectivity index (χ3n) is 2.66. The molecular formula is C13H8N2O6. The first-order valence-electron chi connectivity index (χ1n) is 5.62. The normalized spacial score (nSPS) is 10.1. The van der Waals surface area contributed by atoms with Crippen molar-refractivity contribution in [3.8, 4) is 0 Å². The molecule has 21 heavy (non-hydrogen) atoms. The molecule has 8 heteroatoms. The van der Waals surface area contributed by atoms with Gasteiger partial charge in [0, 0.05) is 17.5 Å². The Morgan fingerprint density at radius 2 is 1.76 bits per heavy atom. The molecule has 0 spiro atoms. The van der Waals surface area contributed by atoms with Crippen molar-refractivity contribution in [3.63, 3.8) is 0 Å². The monoisotopic (exact) mass is 288 g/mol. The van der Waals surface area contributed by atoms with Gasteiger partial charge < -0.3 is 10.2 Å². The second-order valence-corrected chi connectivity index (χ2v) is 4.04. The summed E-state index contributed by atoms with van der Waals surface area (Å²) in [5, 5.41) is 28.8. The van der Waals surface area contributed by atoms with Crippen molar-refractivity contribution in [3.05, 3.63) is 51.7 Å². The van der Waals surface area contributed by atoms with Gasteiger partial charge in [-0.1, -0.05) is 6.07 Å². The van der Waals surface area contributed by atoms with Crippen LogP contribution in [-0.4, -0.2) is 32.1 Å². The molecular weight excluding hydrogens is 280 g/mol. The zero-order chi connectivity index (χ0) is 15.6. The van der Waals surface area contributed by atoms with Crippen LogP contribution >= 0.6 is 0 Å². The van der Waals surface area contributed by atoms with Gasteiger partial charge in [0.25, 0.3) is 5.69 Å². The SMILES string of the molecule is O=C(O)C(=Cc1ccc2ccc([N+](=O)[O-])cc2n1)C(=O)O. The fraction of sp³-hybridized carbons (Fsp3) is 0. The number of aromatic nitrogens is 1. The number of carboxylic acids is 2. The Morgan fingerprint density at radius 3 is 2.33 bits per heavy atom. The van der Waals surface area contributed by atoms with E-state index in [1.54, 1.807) is 6.07 Å². The summed E-state index contributed by atoms with van der Waals surface area (Å²) in [4.78, 5) is 35.7. The molecule has 8 nitrogen and oxygen atoms in total. The van der Waals surface area contributed by atoms with Gasteiger partial charge in [0.1, 0.15) is 5.57 Å². The molecule has 0 bridgehead atoms. The largest absolute Gasteiger partial charge is 0.477 e. The molecule has 2 rings (SSSR count). The lowest BCUT2D eigenvalue weighted by atomic mass is 10.1. The first-order chi connectivity index (χ1) is 9.88. The van der Waals surface area contributed by atoms with Gasteiger partial charge >= 0.3 is 11.9 Å². The Morgan fingerprint density at radius 1 is 1.14 bits per heavy atom. The predicted molar refractivity (Wildman–Crippen MR) is 71.6 cm³/mol. The van der Waals surface area contributed by atoms with E-state index in [1.807, 2.05) is 0 Å². The fourth-order valence-electron chi connectivity index (χ4n) is 1.68. The summed E-state index contributed by atoms with van der Waals surface area (Å²) in [7, 11) is 0. The molecule has 2 aromatic rings. The third kappa shape index (κ3) is 3.00. The quantitative estimate of drug-likeness (QED) is 0.288. The number of pyridine rings is 1. The molecule has 1 heterocycles. The maximum absolute atomic E-state index is 10.8. The standard InChI is InChI=1S/C13H8N2O6/c16-12(17)10(13(18)19)5-8-3-1-7-2-4-9(15(20)21)6-11(7)14-8/h1-6H,(H,16,17)(H,18,19). The van der Waals surface area contributed by atoms with Gasteiger partial charge in [-0.3, -0.25) is 10.1 Å². The van der Waals surface area contributed by atoms with E-state index in [2.05, 4.69) is 4.98 Å². The maximum atomic E-state index is 10.8. The topological polar surface area (TPSA) is 131 Å². The summed E-state index contributed by atoms with van der Waals surface area (Å²) in [6, 6.07) is 7.05. The molecule has 0 aliphatic heterocycles. The molecule has 0 saturated heterocycles. The first kappa shape index (κ1) is 14.1. The highest BCUT2D eigenvalue weighted by atomic mass is 16.6. The Hall–Kier alpha value is -3.29. The molecule has 0 radical (unpaired) electrons. The number of non-ortho nitro benzene ring substituents is 1. The molecule has 2 N–H and O–H groups in total. The fourth-order valence-corrected chi connectivity index (χ4v) is 1.68. The van der Waals surface area contributed by atoms with Crippen LogP contribution in [0.1, 0.15) is 5.69 Å². The van der Waals surface area contributed by atoms with E-state index in [0.29, 0.717) is 5.39 Å². The van der Waals surface area contributed by atoms with Crippen molar-refractivity contribution in [2.45, 2.75) is 0 Å². The molecule has 1 aromatic heterocycles. The van der Waals surface area contributed by atoms with Crippen LogP contribution in [-0.2, 0) is 9.59 Å². The number of carboxylic acid groups (broad SMARTS) is 2. The highest BCUT2D eigenvalue weighted by Gasteiger charge is 2.16. The van der Waals surface area contributed by atoms with Crippen LogP contribution in [0.25, 0.3) is 17.0 Å². The highest BCUT2D eigenvalue weighted by Crippen LogP contribution is 2.20. The minimum Gasteiger partial charge on any atom is -0.477 e. The van der Waals surface area contributed by atoms with Crippen LogP contribution in [0.3, 0.4) is 0 Å². The average Bonchev–Trinajstić information content (AvgIpc) is 2.43. The lowest BCUT2D eigenvalue weighted by Gasteiger charge is -2.00. The number of aliphatic carboxylic acids is 2. The van der Waals surface area contributed by atoms with E-state index >= 15 is 0 Å². The zero-order valence-electron chi connectivity index (χ0n) is 10.4. The summed E-state index contributed by atoms with van der Waals surface area (Å²) in [5.74, 6) is -3.19. The lowest BCUT2D eigenvalue weighted by Crippen LogP contribution is -2.11. The van der Waals surface area contributed by atoms with Gasteiger partial charge in [0.2, 0.25) is 0 Å². The smallest absolute Gasteiger partial charge is 0.343 e. The Kier molecular flexibility index (Phi) is 3.61. The van der Waals surface area contributed by atoms with E-state index in [1.165, 1.54) is 24.3 Å². The summed E-state index contributed by atoms with van der Waals surface area (Å²) < 4.78 is 0.